The summed E-state index contributed by atoms with van der Waals surface area (Å²) in [6.07, 6.45) is 8.06. The molecule has 3 rings (SSSR count). The standard InChI is InChI=1S/C13H15NO/c1-14-12-8-9-3-2-4-10(7-9)11(12)5-6-13(14)15/h2-3,5-6,9-10H,4,7-8H2,1H3. The van der Waals surface area contributed by atoms with Crippen molar-refractivity contribution < 1.29 is 0 Å². The number of hydrogen-bond acceptors (Lipinski definition) is 1. The Kier molecular flexibility index (Phi) is 1.84. The van der Waals surface area contributed by atoms with E-state index in [2.05, 4.69) is 12.2 Å². The maximum absolute atomic E-state index is 11.6. The van der Waals surface area contributed by atoms with Gasteiger partial charge in [-0.2, -0.15) is 0 Å². The van der Waals surface area contributed by atoms with Crippen LogP contribution in [0.25, 0.3) is 0 Å². The maximum atomic E-state index is 11.6. The molecule has 0 N–H and O–H groups in total. The second-order valence-electron chi connectivity index (χ2n) is 4.69. The molecule has 0 aliphatic heterocycles. The monoisotopic (exact) mass is 201 g/mol. The molecule has 2 bridgehead atoms. The van der Waals surface area contributed by atoms with E-state index >= 15 is 0 Å². The molecular formula is C13H15NO. The van der Waals surface area contributed by atoms with Gasteiger partial charge in [0, 0.05) is 18.8 Å². The van der Waals surface area contributed by atoms with E-state index in [4.69, 9.17) is 0 Å². The predicted octanol–water partition coefficient (Wildman–Crippen LogP) is 1.99. The summed E-state index contributed by atoms with van der Waals surface area (Å²) in [6, 6.07) is 3.75. The van der Waals surface area contributed by atoms with Crippen molar-refractivity contribution in [3.05, 3.63) is 45.9 Å². The minimum absolute atomic E-state index is 0.123. The van der Waals surface area contributed by atoms with Gasteiger partial charge in [0.2, 0.25) is 5.56 Å². The Labute approximate surface area is 89.2 Å². The molecule has 1 heterocycles. The summed E-state index contributed by atoms with van der Waals surface area (Å²) in [7, 11) is 1.89. The van der Waals surface area contributed by atoms with Crippen LogP contribution in [0.2, 0.25) is 0 Å². The van der Waals surface area contributed by atoms with Gasteiger partial charge in [-0.05, 0) is 36.7 Å². The van der Waals surface area contributed by atoms with E-state index in [-0.39, 0.29) is 5.56 Å². The number of hydrogen-bond donors (Lipinski definition) is 0. The van der Waals surface area contributed by atoms with Gasteiger partial charge in [0.25, 0.3) is 0 Å². The molecule has 2 nitrogen and oxygen atoms in total. The van der Waals surface area contributed by atoms with Gasteiger partial charge in [-0.15, -0.1) is 0 Å². The molecule has 2 aliphatic carbocycles. The molecule has 15 heavy (non-hydrogen) atoms. The van der Waals surface area contributed by atoms with Gasteiger partial charge < -0.3 is 4.57 Å². The molecule has 0 saturated carbocycles. The average Bonchev–Trinajstić information content (AvgIpc) is 2.25. The Morgan fingerprint density at radius 3 is 3.13 bits per heavy atom. The van der Waals surface area contributed by atoms with Crippen LogP contribution in [0.5, 0.6) is 0 Å². The quantitative estimate of drug-likeness (QED) is 0.588. The Morgan fingerprint density at radius 1 is 1.40 bits per heavy atom. The second-order valence-corrected chi connectivity index (χ2v) is 4.69. The van der Waals surface area contributed by atoms with Crippen molar-refractivity contribution in [2.75, 3.05) is 0 Å². The Hall–Kier alpha value is -1.31. The zero-order valence-corrected chi connectivity index (χ0v) is 8.94. The molecule has 2 atom stereocenters. The summed E-state index contributed by atoms with van der Waals surface area (Å²) in [6.45, 7) is 0. The molecule has 1 aromatic heterocycles. The van der Waals surface area contributed by atoms with Crippen molar-refractivity contribution >= 4 is 0 Å². The van der Waals surface area contributed by atoms with Crippen LogP contribution in [0.15, 0.2) is 29.1 Å². The highest BCUT2D eigenvalue weighted by Crippen LogP contribution is 2.39. The lowest BCUT2D eigenvalue weighted by molar-refractivity contribution is 0.430. The van der Waals surface area contributed by atoms with Gasteiger partial charge in [0.1, 0.15) is 0 Å². The zero-order chi connectivity index (χ0) is 10.4. The molecular weight excluding hydrogens is 186 g/mol. The fourth-order valence-corrected chi connectivity index (χ4v) is 2.95. The van der Waals surface area contributed by atoms with Crippen LogP contribution in [-0.4, -0.2) is 4.57 Å². The fraction of sp³-hybridized carbons (Fsp3) is 0.462. The smallest absolute Gasteiger partial charge is 0.250 e. The molecule has 0 saturated heterocycles. The SMILES string of the molecule is Cn1c2c(ccc1=O)C1CC=CC(C2)C1. The summed E-state index contributed by atoms with van der Waals surface area (Å²) in [5.41, 5.74) is 2.78. The van der Waals surface area contributed by atoms with E-state index in [0.717, 1.165) is 12.8 Å². The topological polar surface area (TPSA) is 22.0 Å². The molecule has 0 amide bonds. The summed E-state index contributed by atoms with van der Waals surface area (Å²) >= 11 is 0. The van der Waals surface area contributed by atoms with E-state index in [9.17, 15) is 4.79 Å². The summed E-state index contributed by atoms with van der Waals surface area (Å²) in [5, 5.41) is 0. The highest BCUT2D eigenvalue weighted by molar-refractivity contribution is 5.31. The summed E-state index contributed by atoms with van der Waals surface area (Å²) < 4.78 is 1.83. The third kappa shape index (κ3) is 1.28. The number of pyridine rings is 1. The normalized spacial score (nSPS) is 27.5. The lowest BCUT2D eigenvalue weighted by Crippen LogP contribution is -2.29. The highest BCUT2D eigenvalue weighted by atomic mass is 16.1. The molecule has 78 valence electrons. The van der Waals surface area contributed by atoms with Gasteiger partial charge in [0.15, 0.2) is 0 Å². The van der Waals surface area contributed by atoms with E-state index in [1.54, 1.807) is 6.07 Å². The molecule has 2 unspecified atom stereocenters. The maximum Gasteiger partial charge on any atom is 0.250 e. The van der Waals surface area contributed by atoms with Gasteiger partial charge >= 0.3 is 0 Å². The molecule has 0 fully saturated rings. The van der Waals surface area contributed by atoms with Crippen molar-refractivity contribution in [3.8, 4) is 0 Å². The van der Waals surface area contributed by atoms with Gasteiger partial charge in [-0.25, -0.2) is 0 Å². The van der Waals surface area contributed by atoms with E-state index in [1.807, 2.05) is 17.7 Å². The van der Waals surface area contributed by atoms with Crippen LogP contribution in [0, 0.1) is 5.92 Å². The van der Waals surface area contributed by atoms with Gasteiger partial charge in [0.05, 0.1) is 0 Å². The molecule has 0 aromatic carbocycles. The number of allylic oxidation sites excluding steroid dienone is 2. The highest BCUT2D eigenvalue weighted by Gasteiger charge is 2.28. The molecule has 2 heteroatoms. The molecule has 1 aromatic rings. The third-order valence-corrected chi connectivity index (χ3v) is 3.79. The van der Waals surface area contributed by atoms with Crippen LogP contribution in [0.3, 0.4) is 0 Å². The number of aromatic nitrogens is 1. The largest absolute Gasteiger partial charge is 0.315 e. The third-order valence-electron chi connectivity index (χ3n) is 3.79. The average molecular weight is 201 g/mol. The van der Waals surface area contributed by atoms with Crippen molar-refractivity contribution in [2.45, 2.75) is 25.2 Å². The van der Waals surface area contributed by atoms with Crippen LogP contribution >= 0.6 is 0 Å². The minimum atomic E-state index is 0.123. The lowest BCUT2D eigenvalue weighted by Gasteiger charge is -2.33. The predicted molar refractivity (Wildman–Crippen MR) is 60.0 cm³/mol. The zero-order valence-electron chi connectivity index (χ0n) is 8.94. The number of fused-ring (bicyclic) bond motifs is 4. The van der Waals surface area contributed by atoms with Crippen LogP contribution < -0.4 is 5.56 Å². The second kappa shape index (κ2) is 3.09. The van der Waals surface area contributed by atoms with E-state index in [1.165, 1.54) is 17.7 Å². The molecule has 2 aliphatic rings. The Balaban J connectivity index is 2.20. The van der Waals surface area contributed by atoms with Gasteiger partial charge in [-0.1, -0.05) is 18.2 Å². The first-order valence-electron chi connectivity index (χ1n) is 5.61. The van der Waals surface area contributed by atoms with Crippen molar-refractivity contribution in [1.82, 2.24) is 4.57 Å². The van der Waals surface area contributed by atoms with Crippen molar-refractivity contribution in [2.24, 2.45) is 13.0 Å². The van der Waals surface area contributed by atoms with Gasteiger partial charge in [-0.3, -0.25) is 4.79 Å². The Bertz CT molecular complexity index is 484. The number of rotatable bonds is 0. The Morgan fingerprint density at radius 2 is 2.27 bits per heavy atom. The summed E-state index contributed by atoms with van der Waals surface area (Å²) in [4.78, 5) is 11.6. The van der Waals surface area contributed by atoms with Crippen LogP contribution in [0.4, 0.5) is 0 Å². The van der Waals surface area contributed by atoms with Crippen molar-refractivity contribution in [3.63, 3.8) is 0 Å². The first-order valence-corrected chi connectivity index (χ1v) is 5.61. The van der Waals surface area contributed by atoms with E-state index < -0.39 is 0 Å². The lowest BCUT2D eigenvalue weighted by atomic mass is 9.74. The van der Waals surface area contributed by atoms with Crippen molar-refractivity contribution in [1.29, 1.82) is 0 Å². The minimum Gasteiger partial charge on any atom is -0.315 e. The van der Waals surface area contributed by atoms with Crippen LogP contribution in [-0.2, 0) is 13.5 Å². The molecule has 0 spiro atoms. The fourth-order valence-electron chi connectivity index (χ4n) is 2.95. The first kappa shape index (κ1) is 8.96. The first-order chi connectivity index (χ1) is 7.25. The molecule has 0 radical (unpaired) electrons. The van der Waals surface area contributed by atoms with Crippen LogP contribution in [0.1, 0.15) is 30.0 Å². The summed E-state index contributed by atoms with van der Waals surface area (Å²) in [5.74, 6) is 1.31. The number of nitrogens with zero attached hydrogens (tertiary/aromatic N) is 1. The van der Waals surface area contributed by atoms with E-state index in [0.29, 0.717) is 11.8 Å².